The maximum atomic E-state index is 13.1. The van der Waals surface area contributed by atoms with E-state index in [2.05, 4.69) is 10.4 Å². The molecule has 1 amide bonds. The Morgan fingerprint density at radius 2 is 1.92 bits per heavy atom. The van der Waals surface area contributed by atoms with Crippen molar-refractivity contribution in [2.45, 2.75) is 25.8 Å². The molecule has 0 bridgehead atoms. The van der Waals surface area contributed by atoms with Gasteiger partial charge >= 0.3 is 0 Å². The monoisotopic (exact) mass is 395 g/mol. The molecule has 9 heteroatoms. The first-order valence-electron chi connectivity index (χ1n) is 6.83. The van der Waals surface area contributed by atoms with Crippen LogP contribution in [0.15, 0.2) is 18.2 Å². The van der Waals surface area contributed by atoms with Crippen molar-refractivity contribution in [3.63, 3.8) is 0 Å². The quantitative estimate of drug-likeness (QED) is 0.792. The lowest BCUT2D eigenvalue weighted by Crippen LogP contribution is -2.41. The van der Waals surface area contributed by atoms with E-state index in [1.165, 1.54) is 7.05 Å². The molecule has 0 saturated heterocycles. The Balaban J connectivity index is 2.40. The number of rotatable bonds is 4. The second kappa shape index (κ2) is 6.86. The number of carbonyl (C=O) groups excluding carboxylic acids is 1. The normalized spacial score (nSPS) is 11.9. The molecule has 0 aliphatic rings. The van der Waals surface area contributed by atoms with Crippen molar-refractivity contribution >= 4 is 40.7 Å². The second-order valence-electron chi connectivity index (χ2n) is 5.68. The van der Waals surface area contributed by atoms with Crippen molar-refractivity contribution in [2.24, 2.45) is 7.05 Å². The minimum absolute atomic E-state index is 0.171. The van der Waals surface area contributed by atoms with E-state index in [1.807, 2.05) is 0 Å². The number of benzene rings is 1. The zero-order chi connectivity index (χ0) is 18.2. The van der Waals surface area contributed by atoms with Crippen molar-refractivity contribution in [2.75, 3.05) is 0 Å². The van der Waals surface area contributed by atoms with Crippen LogP contribution in [0.4, 0.5) is 8.78 Å². The first kappa shape index (κ1) is 19.0. The van der Waals surface area contributed by atoms with Gasteiger partial charge in [0.05, 0.1) is 5.54 Å². The average Bonchev–Trinajstić information content (AvgIpc) is 2.77. The molecule has 0 atom stereocenters. The number of hydrogen-bond donors (Lipinski definition) is 1. The third-order valence-electron chi connectivity index (χ3n) is 3.47. The van der Waals surface area contributed by atoms with E-state index in [0.717, 1.165) is 4.68 Å². The lowest BCUT2D eigenvalue weighted by molar-refractivity contribution is 0.0898. The topological polar surface area (TPSA) is 46.9 Å². The summed E-state index contributed by atoms with van der Waals surface area (Å²) in [6.45, 7) is 3.35. The summed E-state index contributed by atoms with van der Waals surface area (Å²) in [5.74, 6) is -0.774. The zero-order valence-electron chi connectivity index (χ0n) is 13.0. The van der Waals surface area contributed by atoms with Crippen LogP contribution < -0.4 is 5.32 Å². The molecule has 2 rings (SSSR count). The van der Waals surface area contributed by atoms with Gasteiger partial charge in [0.25, 0.3) is 12.3 Å². The summed E-state index contributed by atoms with van der Waals surface area (Å²) in [5, 5.41) is 6.89. The minimum atomic E-state index is -2.93. The maximum Gasteiger partial charge on any atom is 0.283 e. The molecular formula is C15H14Cl3F2N3O. The molecule has 2 aromatic rings. The Morgan fingerprint density at radius 3 is 2.50 bits per heavy atom. The summed E-state index contributed by atoms with van der Waals surface area (Å²) in [6.07, 6.45) is -2.93. The summed E-state index contributed by atoms with van der Waals surface area (Å²) < 4.78 is 27.2. The van der Waals surface area contributed by atoms with Gasteiger partial charge in [-0.15, -0.1) is 0 Å². The van der Waals surface area contributed by atoms with E-state index in [-0.39, 0.29) is 10.7 Å². The second-order valence-corrected chi connectivity index (χ2v) is 6.88. The molecule has 1 aromatic heterocycles. The van der Waals surface area contributed by atoms with E-state index in [4.69, 9.17) is 34.8 Å². The highest BCUT2D eigenvalue weighted by Crippen LogP contribution is 2.32. The standard InChI is InChI=1S/C15H14Cl3F2N3O/c1-15(2,8-6-7(16)4-5-9(8)17)21-14(24)10-11(13(19)20)22-23(3)12(10)18/h4-6,13H,1-3H3,(H,21,24). The number of halogens is 5. The van der Waals surface area contributed by atoms with Gasteiger partial charge in [-0.25, -0.2) is 8.78 Å². The van der Waals surface area contributed by atoms with Crippen molar-refractivity contribution in [3.05, 3.63) is 50.2 Å². The van der Waals surface area contributed by atoms with Crippen molar-refractivity contribution < 1.29 is 13.6 Å². The molecule has 0 radical (unpaired) electrons. The Bertz CT molecular complexity index is 791. The van der Waals surface area contributed by atoms with Gasteiger partial charge in [0.15, 0.2) is 0 Å². The largest absolute Gasteiger partial charge is 0.343 e. The highest BCUT2D eigenvalue weighted by Gasteiger charge is 2.32. The minimum Gasteiger partial charge on any atom is -0.343 e. The van der Waals surface area contributed by atoms with Crippen LogP contribution in [-0.2, 0) is 12.6 Å². The number of alkyl halides is 2. The molecule has 0 aliphatic heterocycles. The molecule has 4 nitrogen and oxygen atoms in total. The van der Waals surface area contributed by atoms with Gasteiger partial charge in [0.2, 0.25) is 0 Å². The lowest BCUT2D eigenvalue weighted by Gasteiger charge is -2.28. The Morgan fingerprint density at radius 1 is 1.29 bits per heavy atom. The van der Waals surface area contributed by atoms with E-state index in [0.29, 0.717) is 15.6 Å². The van der Waals surface area contributed by atoms with Gasteiger partial charge in [0, 0.05) is 17.1 Å². The Kier molecular flexibility index (Phi) is 5.42. The molecule has 1 heterocycles. The van der Waals surface area contributed by atoms with Gasteiger partial charge in [-0.3, -0.25) is 9.48 Å². The lowest BCUT2D eigenvalue weighted by atomic mass is 9.93. The fourth-order valence-corrected chi connectivity index (χ4v) is 3.02. The summed E-state index contributed by atoms with van der Waals surface area (Å²) in [6, 6.07) is 4.80. The summed E-state index contributed by atoms with van der Waals surface area (Å²) >= 11 is 18.1. The fourth-order valence-electron chi connectivity index (χ4n) is 2.28. The van der Waals surface area contributed by atoms with Crippen LogP contribution in [0.25, 0.3) is 0 Å². The number of amides is 1. The first-order valence-corrected chi connectivity index (χ1v) is 7.96. The Labute approximate surface area is 152 Å². The molecule has 0 spiro atoms. The molecule has 0 fully saturated rings. The highest BCUT2D eigenvalue weighted by atomic mass is 35.5. The molecule has 1 aromatic carbocycles. The van der Waals surface area contributed by atoms with Gasteiger partial charge in [-0.2, -0.15) is 5.10 Å². The van der Waals surface area contributed by atoms with E-state index in [9.17, 15) is 13.6 Å². The average molecular weight is 397 g/mol. The van der Waals surface area contributed by atoms with Crippen LogP contribution in [0.2, 0.25) is 15.2 Å². The summed E-state index contributed by atoms with van der Waals surface area (Å²) in [7, 11) is 1.38. The first-order chi connectivity index (χ1) is 11.0. The zero-order valence-corrected chi connectivity index (χ0v) is 15.3. The van der Waals surface area contributed by atoms with Gasteiger partial charge in [-0.05, 0) is 37.6 Å². The van der Waals surface area contributed by atoms with Crippen LogP contribution in [0.5, 0.6) is 0 Å². The van der Waals surface area contributed by atoms with Gasteiger partial charge in [-0.1, -0.05) is 34.8 Å². The van der Waals surface area contributed by atoms with Crippen molar-refractivity contribution in [1.29, 1.82) is 0 Å². The molecule has 130 valence electrons. The third-order valence-corrected chi connectivity index (χ3v) is 4.46. The summed E-state index contributed by atoms with van der Waals surface area (Å²) in [5.41, 5.74) is -1.46. The molecule has 0 aliphatic carbocycles. The number of hydrogen-bond acceptors (Lipinski definition) is 2. The number of aryl methyl sites for hydroxylation is 1. The smallest absolute Gasteiger partial charge is 0.283 e. The van der Waals surface area contributed by atoms with Gasteiger partial charge in [0.1, 0.15) is 16.4 Å². The predicted molar refractivity (Wildman–Crippen MR) is 90.1 cm³/mol. The van der Waals surface area contributed by atoms with Crippen LogP contribution in [-0.4, -0.2) is 15.7 Å². The van der Waals surface area contributed by atoms with E-state index < -0.39 is 23.6 Å². The number of carbonyl (C=O) groups is 1. The van der Waals surface area contributed by atoms with E-state index >= 15 is 0 Å². The van der Waals surface area contributed by atoms with Crippen molar-refractivity contribution in [3.8, 4) is 0 Å². The molecule has 24 heavy (non-hydrogen) atoms. The van der Waals surface area contributed by atoms with Crippen LogP contribution >= 0.6 is 34.8 Å². The predicted octanol–water partition coefficient (Wildman–Crippen LogP) is 4.98. The van der Waals surface area contributed by atoms with Gasteiger partial charge < -0.3 is 5.32 Å². The fraction of sp³-hybridized carbons (Fsp3) is 0.333. The Hall–Kier alpha value is -1.37. The van der Waals surface area contributed by atoms with Crippen LogP contribution in [0, 0.1) is 0 Å². The third kappa shape index (κ3) is 3.66. The molecule has 0 unspecified atom stereocenters. The maximum absolute atomic E-state index is 13.1. The molecular weight excluding hydrogens is 383 g/mol. The number of nitrogens with zero attached hydrogens (tertiary/aromatic N) is 2. The van der Waals surface area contributed by atoms with Crippen LogP contribution in [0.3, 0.4) is 0 Å². The summed E-state index contributed by atoms with van der Waals surface area (Å²) in [4.78, 5) is 12.5. The van der Waals surface area contributed by atoms with Crippen LogP contribution in [0.1, 0.15) is 41.9 Å². The number of nitrogens with one attached hydrogen (secondary N) is 1. The van der Waals surface area contributed by atoms with E-state index in [1.54, 1.807) is 32.0 Å². The SMILES string of the molecule is Cn1nc(C(F)F)c(C(=O)NC(C)(C)c2cc(Cl)ccc2Cl)c1Cl. The highest BCUT2D eigenvalue weighted by molar-refractivity contribution is 6.34. The molecule has 1 N–H and O–H groups in total. The number of aromatic nitrogens is 2. The molecule has 0 saturated carbocycles. The van der Waals surface area contributed by atoms with Crippen molar-refractivity contribution in [1.82, 2.24) is 15.1 Å².